The van der Waals surface area contributed by atoms with Crippen LogP contribution in [-0.2, 0) is 4.79 Å². The first-order valence-corrected chi connectivity index (χ1v) is 6.21. The number of rotatable bonds is 6. The maximum Gasteiger partial charge on any atom is 0.220 e. The van der Waals surface area contributed by atoms with Gasteiger partial charge in [-0.25, -0.2) is 0 Å². The van der Waals surface area contributed by atoms with E-state index in [4.69, 9.17) is 0 Å². The average molecular weight is 225 g/mol. The van der Waals surface area contributed by atoms with Gasteiger partial charge in [0, 0.05) is 13.0 Å². The minimum atomic E-state index is -0.313. The lowest BCUT2D eigenvalue weighted by atomic mass is 10.0. The van der Waals surface area contributed by atoms with Crippen LogP contribution >= 0.6 is 0 Å². The van der Waals surface area contributed by atoms with E-state index in [9.17, 15) is 9.90 Å². The molecule has 0 aromatic heterocycles. The van der Waals surface area contributed by atoms with Gasteiger partial charge >= 0.3 is 0 Å². The van der Waals surface area contributed by atoms with Gasteiger partial charge in [0.05, 0.1) is 6.10 Å². The number of hydrogen-bond acceptors (Lipinski definition) is 2. The summed E-state index contributed by atoms with van der Waals surface area (Å²) in [4.78, 5) is 11.5. The summed E-state index contributed by atoms with van der Waals surface area (Å²) in [5.74, 6) is 0.789. The van der Waals surface area contributed by atoms with Gasteiger partial charge in [-0.05, 0) is 31.1 Å². The molecular formula is C13H23NO2. The number of amides is 1. The molecule has 0 radical (unpaired) electrons. The van der Waals surface area contributed by atoms with Crippen molar-refractivity contribution in [1.82, 2.24) is 5.32 Å². The molecule has 2 atom stereocenters. The SMILES string of the molecule is CC(C)C(O)CCNC(=O)CC1C=CCC1. The second-order valence-corrected chi connectivity index (χ2v) is 4.92. The number of hydrogen-bond donors (Lipinski definition) is 2. The molecule has 0 heterocycles. The molecular weight excluding hydrogens is 202 g/mol. The Hall–Kier alpha value is -0.830. The fourth-order valence-electron chi connectivity index (χ4n) is 1.87. The molecule has 1 aliphatic carbocycles. The highest BCUT2D eigenvalue weighted by molar-refractivity contribution is 5.76. The fraction of sp³-hybridized carbons (Fsp3) is 0.769. The summed E-state index contributed by atoms with van der Waals surface area (Å²) < 4.78 is 0. The van der Waals surface area contributed by atoms with E-state index < -0.39 is 0 Å². The van der Waals surface area contributed by atoms with Crippen molar-refractivity contribution in [3.63, 3.8) is 0 Å². The predicted octanol–water partition coefficient (Wildman–Crippen LogP) is 1.87. The highest BCUT2D eigenvalue weighted by Gasteiger charge is 2.14. The monoisotopic (exact) mass is 225 g/mol. The van der Waals surface area contributed by atoms with Gasteiger partial charge in [0.25, 0.3) is 0 Å². The molecule has 1 aliphatic rings. The summed E-state index contributed by atoms with van der Waals surface area (Å²) >= 11 is 0. The van der Waals surface area contributed by atoms with Crippen molar-refractivity contribution in [2.45, 2.75) is 45.6 Å². The molecule has 1 rings (SSSR count). The van der Waals surface area contributed by atoms with Crippen LogP contribution in [0.1, 0.15) is 39.5 Å². The van der Waals surface area contributed by atoms with Crippen LogP contribution in [-0.4, -0.2) is 23.7 Å². The van der Waals surface area contributed by atoms with Crippen molar-refractivity contribution < 1.29 is 9.90 Å². The second-order valence-electron chi connectivity index (χ2n) is 4.92. The van der Waals surface area contributed by atoms with E-state index in [2.05, 4.69) is 17.5 Å². The summed E-state index contributed by atoms with van der Waals surface area (Å²) in [5, 5.41) is 12.4. The van der Waals surface area contributed by atoms with Gasteiger partial charge in [-0.3, -0.25) is 4.79 Å². The molecule has 3 nitrogen and oxygen atoms in total. The summed E-state index contributed by atoms with van der Waals surface area (Å²) in [6, 6.07) is 0. The first kappa shape index (κ1) is 13.2. The van der Waals surface area contributed by atoms with Crippen molar-refractivity contribution in [3.05, 3.63) is 12.2 Å². The number of aliphatic hydroxyl groups excluding tert-OH is 1. The van der Waals surface area contributed by atoms with Crippen molar-refractivity contribution in [2.75, 3.05) is 6.54 Å². The third kappa shape index (κ3) is 4.79. The maximum absolute atomic E-state index is 11.5. The Morgan fingerprint density at radius 3 is 2.88 bits per heavy atom. The zero-order chi connectivity index (χ0) is 12.0. The standard InChI is InChI=1S/C13H23NO2/c1-10(2)12(15)7-8-14-13(16)9-11-5-3-4-6-11/h3,5,10-12,15H,4,6-9H2,1-2H3,(H,14,16). The van der Waals surface area contributed by atoms with E-state index in [0.717, 1.165) is 12.8 Å². The lowest BCUT2D eigenvalue weighted by Gasteiger charge is -2.15. The Balaban J connectivity index is 2.08. The van der Waals surface area contributed by atoms with Crippen molar-refractivity contribution >= 4 is 5.91 Å². The zero-order valence-corrected chi connectivity index (χ0v) is 10.3. The Morgan fingerprint density at radius 2 is 2.31 bits per heavy atom. The quantitative estimate of drug-likeness (QED) is 0.678. The van der Waals surface area contributed by atoms with Crippen LogP contribution < -0.4 is 5.32 Å². The van der Waals surface area contributed by atoms with E-state index in [1.807, 2.05) is 13.8 Å². The molecule has 2 N–H and O–H groups in total. The van der Waals surface area contributed by atoms with Gasteiger partial charge in [-0.15, -0.1) is 0 Å². The van der Waals surface area contributed by atoms with E-state index in [-0.39, 0.29) is 17.9 Å². The maximum atomic E-state index is 11.5. The average Bonchev–Trinajstić information content (AvgIpc) is 2.70. The van der Waals surface area contributed by atoms with Crippen LogP contribution in [0.4, 0.5) is 0 Å². The minimum absolute atomic E-state index is 0.104. The Morgan fingerprint density at radius 1 is 1.56 bits per heavy atom. The summed E-state index contributed by atoms with van der Waals surface area (Å²) in [5.41, 5.74) is 0. The Labute approximate surface area is 97.9 Å². The molecule has 0 bridgehead atoms. The molecule has 0 spiro atoms. The van der Waals surface area contributed by atoms with Crippen LogP contribution in [0.3, 0.4) is 0 Å². The molecule has 92 valence electrons. The van der Waals surface area contributed by atoms with Gasteiger partial charge in [0.15, 0.2) is 0 Å². The number of aliphatic hydroxyl groups is 1. The third-order valence-electron chi connectivity index (χ3n) is 3.09. The van der Waals surface area contributed by atoms with Gasteiger partial charge in [-0.1, -0.05) is 26.0 Å². The van der Waals surface area contributed by atoms with Crippen LogP contribution in [0, 0.1) is 11.8 Å². The zero-order valence-electron chi connectivity index (χ0n) is 10.3. The number of carbonyl (C=O) groups is 1. The number of carbonyl (C=O) groups excluding carboxylic acids is 1. The van der Waals surface area contributed by atoms with E-state index in [0.29, 0.717) is 25.3 Å². The topological polar surface area (TPSA) is 49.3 Å². The highest BCUT2D eigenvalue weighted by atomic mass is 16.3. The smallest absolute Gasteiger partial charge is 0.220 e. The normalized spacial score (nSPS) is 21.4. The number of allylic oxidation sites excluding steroid dienone is 2. The summed E-state index contributed by atoms with van der Waals surface area (Å²) in [6.07, 6.45) is 7.39. The fourth-order valence-corrected chi connectivity index (χ4v) is 1.87. The van der Waals surface area contributed by atoms with Crippen molar-refractivity contribution in [2.24, 2.45) is 11.8 Å². The lowest BCUT2D eigenvalue weighted by molar-refractivity contribution is -0.121. The molecule has 0 saturated heterocycles. The molecule has 3 heteroatoms. The largest absolute Gasteiger partial charge is 0.393 e. The predicted molar refractivity (Wildman–Crippen MR) is 65.0 cm³/mol. The minimum Gasteiger partial charge on any atom is -0.393 e. The molecule has 0 aromatic rings. The van der Waals surface area contributed by atoms with Gasteiger partial charge in [-0.2, -0.15) is 0 Å². The Bertz CT molecular complexity index is 248. The van der Waals surface area contributed by atoms with Gasteiger partial charge in [0.1, 0.15) is 0 Å². The van der Waals surface area contributed by atoms with Gasteiger partial charge in [0.2, 0.25) is 5.91 Å². The van der Waals surface area contributed by atoms with Crippen LogP contribution in [0.15, 0.2) is 12.2 Å². The van der Waals surface area contributed by atoms with Gasteiger partial charge < -0.3 is 10.4 Å². The van der Waals surface area contributed by atoms with Crippen molar-refractivity contribution in [3.8, 4) is 0 Å². The van der Waals surface area contributed by atoms with Crippen LogP contribution in [0.2, 0.25) is 0 Å². The first-order chi connectivity index (χ1) is 7.59. The summed E-state index contributed by atoms with van der Waals surface area (Å²) in [6.45, 7) is 4.54. The molecule has 0 aromatic carbocycles. The molecule has 16 heavy (non-hydrogen) atoms. The van der Waals surface area contributed by atoms with Crippen molar-refractivity contribution in [1.29, 1.82) is 0 Å². The Kier molecular flexibility index (Phi) is 5.53. The highest BCUT2D eigenvalue weighted by Crippen LogP contribution is 2.19. The third-order valence-corrected chi connectivity index (χ3v) is 3.09. The second kappa shape index (κ2) is 6.69. The molecule has 1 amide bonds. The first-order valence-electron chi connectivity index (χ1n) is 6.21. The van der Waals surface area contributed by atoms with E-state index >= 15 is 0 Å². The molecule has 0 aliphatic heterocycles. The van der Waals surface area contributed by atoms with E-state index in [1.54, 1.807) is 0 Å². The lowest BCUT2D eigenvalue weighted by Crippen LogP contribution is -2.29. The van der Waals surface area contributed by atoms with Crippen LogP contribution in [0.5, 0.6) is 0 Å². The molecule has 2 unspecified atom stereocenters. The number of nitrogens with one attached hydrogen (secondary N) is 1. The summed E-state index contributed by atoms with van der Waals surface area (Å²) in [7, 11) is 0. The van der Waals surface area contributed by atoms with Crippen LogP contribution in [0.25, 0.3) is 0 Å². The molecule has 0 saturated carbocycles. The van der Waals surface area contributed by atoms with E-state index in [1.165, 1.54) is 0 Å². The molecule has 0 fully saturated rings.